The molecular formula is C21H32O. The zero-order valence-electron chi connectivity index (χ0n) is 15.2. The Morgan fingerprint density at radius 2 is 1.82 bits per heavy atom. The molecule has 0 aromatic heterocycles. The molecular weight excluding hydrogens is 268 g/mol. The average molecular weight is 300 g/mol. The highest BCUT2D eigenvalue weighted by atomic mass is 16.1. The van der Waals surface area contributed by atoms with Crippen molar-refractivity contribution < 1.29 is 4.79 Å². The summed E-state index contributed by atoms with van der Waals surface area (Å²) in [5, 5.41) is 0. The van der Waals surface area contributed by atoms with Crippen molar-refractivity contribution in [2.24, 2.45) is 22.7 Å². The van der Waals surface area contributed by atoms with Crippen LogP contribution in [0.2, 0.25) is 0 Å². The van der Waals surface area contributed by atoms with Gasteiger partial charge in [0.25, 0.3) is 0 Å². The molecule has 1 saturated carbocycles. The van der Waals surface area contributed by atoms with Gasteiger partial charge in [0.15, 0.2) is 0 Å². The lowest BCUT2D eigenvalue weighted by Gasteiger charge is -2.53. The minimum absolute atomic E-state index is 0.0639. The van der Waals surface area contributed by atoms with Gasteiger partial charge in [-0.3, -0.25) is 4.79 Å². The molecule has 2 aliphatic rings. The van der Waals surface area contributed by atoms with Gasteiger partial charge in [0, 0.05) is 11.3 Å². The second-order valence-electron chi connectivity index (χ2n) is 8.48. The van der Waals surface area contributed by atoms with E-state index in [2.05, 4.69) is 65.8 Å². The zero-order chi connectivity index (χ0) is 16.5. The Bertz CT molecular complexity index is 524. The Morgan fingerprint density at radius 3 is 2.41 bits per heavy atom. The maximum atomic E-state index is 13.1. The lowest BCUT2D eigenvalue weighted by Crippen LogP contribution is -2.53. The van der Waals surface area contributed by atoms with Gasteiger partial charge in [0.1, 0.15) is 5.78 Å². The van der Waals surface area contributed by atoms with E-state index >= 15 is 0 Å². The van der Waals surface area contributed by atoms with Crippen molar-refractivity contribution in [3.8, 4) is 0 Å². The molecule has 122 valence electrons. The van der Waals surface area contributed by atoms with Crippen LogP contribution in [0.3, 0.4) is 0 Å². The smallest absolute Gasteiger partial charge is 0.147 e. The zero-order valence-corrected chi connectivity index (χ0v) is 15.2. The van der Waals surface area contributed by atoms with Crippen LogP contribution in [0, 0.1) is 22.7 Å². The van der Waals surface area contributed by atoms with Crippen LogP contribution < -0.4 is 0 Å². The van der Waals surface area contributed by atoms with Crippen LogP contribution in [-0.2, 0) is 4.79 Å². The van der Waals surface area contributed by atoms with Gasteiger partial charge < -0.3 is 0 Å². The third-order valence-electron chi connectivity index (χ3n) is 5.84. The molecule has 0 aliphatic heterocycles. The van der Waals surface area contributed by atoms with Crippen LogP contribution in [0.5, 0.6) is 0 Å². The number of carbonyl (C=O) groups excluding carboxylic acids is 1. The van der Waals surface area contributed by atoms with Crippen LogP contribution in [-0.4, -0.2) is 5.78 Å². The minimum atomic E-state index is -0.146. The van der Waals surface area contributed by atoms with Gasteiger partial charge in [0.05, 0.1) is 0 Å². The monoisotopic (exact) mass is 300 g/mol. The molecule has 3 atom stereocenters. The fourth-order valence-electron chi connectivity index (χ4n) is 4.14. The van der Waals surface area contributed by atoms with E-state index in [4.69, 9.17) is 0 Å². The van der Waals surface area contributed by atoms with Gasteiger partial charge in [-0.25, -0.2) is 0 Å². The summed E-state index contributed by atoms with van der Waals surface area (Å²) in [6, 6.07) is 0. The highest BCUT2D eigenvalue weighted by Gasteiger charge is 2.55. The lowest BCUT2D eigenvalue weighted by molar-refractivity contribution is -0.145. The molecule has 0 spiro atoms. The number of Topliss-reactive ketones (excluding diaryl/α,β-unsaturated/α-hetero) is 1. The third kappa shape index (κ3) is 3.14. The maximum absolute atomic E-state index is 13.1. The lowest BCUT2D eigenvalue weighted by atomic mass is 9.49. The number of ketones is 1. The molecule has 0 N–H and O–H groups in total. The summed E-state index contributed by atoms with van der Waals surface area (Å²) in [5.41, 5.74) is 2.62. The van der Waals surface area contributed by atoms with E-state index < -0.39 is 0 Å². The van der Waals surface area contributed by atoms with Crippen LogP contribution in [0.25, 0.3) is 0 Å². The van der Waals surface area contributed by atoms with Crippen LogP contribution >= 0.6 is 0 Å². The summed E-state index contributed by atoms with van der Waals surface area (Å²) < 4.78 is 0. The number of hydrogen-bond acceptors (Lipinski definition) is 1. The normalized spacial score (nSPS) is 32.5. The van der Waals surface area contributed by atoms with Crippen molar-refractivity contribution in [3.63, 3.8) is 0 Å². The first-order chi connectivity index (χ1) is 10.2. The van der Waals surface area contributed by atoms with Crippen molar-refractivity contribution in [3.05, 3.63) is 35.5 Å². The van der Waals surface area contributed by atoms with Crippen molar-refractivity contribution >= 4 is 5.78 Å². The summed E-state index contributed by atoms with van der Waals surface area (Å²) >= 11 is 0. The molecule has 2 bridgehead atoms. The van der Waals surface area contributed by atoms with Gasteiger partial charge in [-0.05, 0) is 64.7 Å². The van der Waals surface area contributed by atoms with Crippen molar-refractivity contribution in [1.29, 1.82) is 0 Å². The van der Waals surface area contributed by atoms with Gasteiger partial charge >= 0.3 is 0 Å². The number of rotatable bonds is 4. The largest absolute Gasteiger partial charge is 0.298 e. The Morgan fingerprint density at radius 1 is 1.18 bits per heavy atom. The number of carbonyl (C=O) groups is 1. The molecule has 2 rings (SSSR count). The molecule has 0 heterocycles. The minimum Gasteiger partial charge on any atom is -0.298 e. The Hall–Kier alpha value is -1.11. The molecule has 1 fully saturated rings. The SMILES string of the molecule is CC(C)=CC[C@H]1C[C@]2(CC=C(C)C)CC=C[C@@H](C2=O)C1(C)C. The molecule has 1 nitrogen and oxygen atoms in total. The Kier molecular flexibility index (Phi) is 4.84. The summed E-state index contributed by atoms with van der Waals surface area (Å²) in [5.74, 6) is 1.17. The number of allylic oxidation sites excluding steroid dienone is 6. The Labute approximate surface area is 136 Å². The maximum Gasteiger partial charge on any atom is 0.147 e. The molecule has 22 heavy (non-hydrogen) atoms. The van der Waals surface area contributed by atoms with E-state index in [0.29, 0.717) is 11.7 Å². The third-order valence-corrected chi connectivity index (χ3v) is 5.84. The van der Waals surface area contributed by atoms with Crippen LogP contribution in [0.1, 0.15) is 67.2 Å². The summed E-state index contributed by atoms with van der Waals surface area (Å²) in [6.07, 6.45) is 13.1. The summed E-state index contributed by atoms with van der Waals surface area (Å²) in [4.78, 5) is 13.1. The number of hydrogen-bond donors (Lipinski definition) is 0. The van der Waals surface area contributed by atoms with Gasteiger partial charge in [-0.15, -0.1) is 0 Å². The molecule has 0 saturated heterocycles. The van der Waals surface area contributed by atoms with Crippen molar-refractivity contribution in [2.75, 3.05) is 0 Å². The Balaban J connectivity index is 2.36. The van der Waals surface area contributed by atoms with E-state index in [1.807, 2.05) is 0 Å². The van der Waals surface area contributed by atoms with E-state index in [1.54, 1.807) is 0 Å². The number of fused-ring (bicyclic) bond motifs is 2. The average Bonchev–Trinajstić information content (AvgIpc) is 2.41. The summed E-state index contributed by atoms with van der Waals surface area (Å²) in [7, 11) is 0. The topological polar surface area (TPSA) is 17.1 Å². The van der Waals surface area contributed by atoms with Crippen LogP contribution in [0.15, 0.2) is 35.5 Å². The first-order valence-corrected chi connectivity index (χ1v) is 8.67. The van der Waals surface area contributed by atoms with Gasteiger partial charge in [-0.1, -0.05) is 49.3 Å². The first-order valence-electron chi connectivity index (χ1n) is 8.67. The van der Waals surface area contributed by atoms with Crippen molar-refractivity contribution in [2.45, 2.75) is 67.2 Å². The fraction of sp³-hybridized carbons (Fsp3) is 0.667. The molecule has 2 aliphatic carbocycles. The first kappa shape index (κ1) is 17.2. The van der Waals surface area contributed by atoms with Gasteiger partial charge in [0.2, 0.25) is 0 Å². The van der Waals surface area contributed by atoms with Gasteiger partial charge in [-0.2, -0.15) is 0 Å². The second-order valence-corrected chi connectivity index (χ2v) is 8.48. The van der Waals surface area contributed by atoms with E-state index in [-0.39, 0.29) is 16.7 Å². The quantitative estimate of drug-likeness (QED) is 0.593. The predicted molar refractivity (Wildman–Crippen MR) is 94.7 cm³/mol. The predicted octanol–water partition coefficient (Wildman–Crippen LogP) is 5.88. The molecule has 0 amide bonds. The van der Waals surface area contributed by atoms with E-state index in [1.165, 1.54) is 11.1 Å². The van der Waals surface area contributed by atoms with Crippen molar-refractivity contribution in [1.82, 2.24) is 0 Å². The molecule has 0 aromatic carbocycles. The highest BCUT2D eigenvalue weighted by Crippen LogP contribution is 2.57. The molecule has 0 aromatic rings. The fourth-order valence-corrected chi connectivity index (χ4v) is 4.14. The molecule has 0 radical (unpaired) electrons. The summed E-state index contributed by atoms with van der Waals surface area (Å²) in [6.45, 7) is 13.2. The standard InChI is InChI=1S/C21H32O/c1-15(2)9-10-17-14-21(13-11-16(3)4)12-7-8-18(19(21)22)20(17,5)6/h7-9,11,17-18H,10,12-14H2,1-6H3/t17-,18-,21+/m0/s1. The van der Waals surface area contributed by atoms with E-state index in [0.717, 1.165) is 25.7 Å². The second kappa shape index (κ2) is 6.18. The molecule has 0 unspecified atom stereocenters. The van der Waals surface area contributed by atoms with Crippen LogP contribution in [0.4, 0.5) is 0 Å². The molecule has 1 heteroatoms. The highest BCUT2D eigenvalue weighted by molar-refractivity contribution is 5.91. The van der Waals surface area contributed by atoms with E-state index in [9.17, 15) is 4.79 Å².